The topological polar surface area (TPSA) is 55.1 Å². The Labute approximate surface area is 231 Å². The molecule has 196 valence electrons. The van der Waals surface area contributed by atoms with Gasteiger partial charge in [0, 0.05) is 17.4 Å². The molecule has 1 N–H and O–H groups in total. The highest BCUT2D eigenvalue weighted by atomic mass is 35.5. The summed E-state index contributed by atoms with van der Waals surface area (Å²) in [7, 11) is 0. The molecule has 6 nitrogen and oxygen atoms in total. The van der Waals surface area contributed by atoms with Crippen LogP contribution < -0.4 is 5.32 Å². The Hall–Kier alpha value is -4.36. The van der Waals surface area contributed by atoms with E-state index in [-0.39, 0.29) is 11.1 Å². The first-order valence-corrected chi connectivity index (χ1v) is 13.3. The van der Waals surface area contributed by atoms with Crippen molar-refractivity contribution in [2.24, 2.45) is 0 Å². The molecule has 1 aliphatic heterocycles. The molecule has 2 amide bonds. The van der Waals surface area contributed by atoms with Crippen LogP contribution in [0.25, 0.3) is 11.5 Å². The summed E-state index contributed by atoms with van der Waals surface area (Å²) in [6.07, 6.45) is 2.73. The van der Waals surface area contributed by atoms with Gasteiger partial charge in [-0.3, -0.25) is 0 Å². The summed E-state index contributed by atoms with van der Waals surface area (Å²) < 4.78 is 17.9. The normalized spacial score (nSPS) is 14.5. The van der Waals surface area contributed by atoms with Crippen LogP contribution in [0.5, 0.6) is 0 Å². The number of nitrogens with one attached hydrogen (secondary N) is 1. The minimum Gasteiger partial charge on any atom is -0.308 e. The molecule has 2 aromatic heterocycles. The number of fused-ring (bicyclic) bond motifs is 3. The van der Waals surface area contributed by atoms with E-state index in [2.05, 4.69) is 41.1 Å². The summed E-state index contributed by atoms with van der Waals surface area (Å²) in [4.78, 5) is 15.8. The van der Waals surface area contributed by atoms with Crippen LogP contribution in [0, 0.1) is 12.7 Å². The number of halogens is 2. The third kappa shape index (κ3) is 4.49. The Morgan fingerprint density at radius 2 is 1.82 bits per heavy atom. The number of amides is 2. The fourth-order valence-corrected chi connectivity index (χ4v) is 5.40. The van der Waals surface area contributed by atoms with Gasteiger partial charge in [-0.1, -0.05) is 66.6 Å². The lowest BCUT2D eigenvalue weighted by Gasteiger charge is -2.31. The number of benzene rings is 3. The van der Waals surface area contributed by atoms with Gasteiger partial charge in [0.15, 0.2) is 0 Å². The maximum atomic E-state index is 14.0. The fraction of sp³-hybridized carbons (Fsp3) is 0.161. The molecule has 0 saturated carbocycles. The second-order valence-electron chi connectivity index (χ2n) is 9.65. The molecule has 0 spiro atoms. The van der Waals surface area contributed by atoms with Crippen molar-refractivity contribution >= 4 is 23.3 Å². The number of urea groups is 1. The van der Waals surface area contributed by atoms with E-state index in [4.69, 9.17) is 16.7 Å². The van der Waals surface area contributed by atoms with Crippen LogP contribution in [0.4, 0.5) is 14.9 Å². The SMILES string of the molecule is CCc1nn(-c2ccccc2)c2c1CN(C(=O)Nc1ccc(F)c(Cl)c1)C(c1ccc(C)cc1)c1cccn1-2. The molecule has 1 unspecified atom stereocenters. The van der Waals surface area contributed by atoms with Crippen LogP contribution in [0.15, 0.2) is 91.1 Å². The minimum atomic E-state index is -0.537. The van der Waals surface area contributed by atoms with Crippen molar-refractivity contribution in [2.45, 2.75) is 32.9 Å². The van der Waals surface area contributed by atoms with E-state index in [0.717, 1.165) is 39.6 Å². The van der Waals surface area contributed by atoms with Crippen LogP contribution in [-0.2, 0) is 13.0 Å². The van der Waals surface area contributed by atoms with Crippen LogP contribution in [-0.4, -0.2) is 25.3 Å². The molecule has 0 fully saturated rings. The van der Waals surface area contributed by atoms with Crippen molar-refractivity contribution in [1.82, 2.24) is 19.2 Å². The van der Waals surface area contributed by atoms with E-state index in [1.54, 1.807) is 0 Å². The minimum absolute atomic E-state index is 0.0488. The molecule has 0 radical (unpaired) electrons. The predicted molar refractivity (Wildman–Crippen MR) is 151 cm³/mol. The lowest BCUT2D eigenvalue weighted by molar-refractivity contribution is 0.194. The van der Waals surface area contributed by atoms with Crippen LogP contribution >= 0.6 is 11.6 Å². The summed E-state index contributed by atoms with van der Waals surface area (Å²) in [6, 6.07) is 25.8. The number of aryl methyl sites for hydroxylation is 2. The number of nitrogens with zero attached hydrogens (tertiary/aromatic N) is 4. The standard InChI is InChI=1S/C31H27ClFN5O/c1-3-27-24-19-37(31(39)34-22-15-16-26(33)25(32)18-22)29(21-13-11-20(2)12-14-21)28-10-7-17-36(28)30(24)38(35-27)23-8-5-4-6-9-23/h4-18,29H,3,19H2,1-2H3,(H,34,39). The average Bonchev–Trinajstić information content (AvgIpc) is 3.53. The lowest BCUT2D eigenvalue weighted by Crippen LogP contribution is -2.38. The zero-order valence-electron chi connectivity index (χ0n) is 21.6. The predicted octanol–water partition coefficient (Wildman–Crippen LogP) is 7.46. The first-order chi connectivity index (χ1) is 18.9. The van der Waals surface area contributed by atoms with Gasteiger partial charge < -0.3 is 14.8 Å². The summed E-state index contributed by atoms with van der Waals surface area (Å²) in [5.41, 5.74) is 6.31. The summed E-state index contributed by atoms with van der Waals surface area (Å²) in [5, 5.41) is 7.89. The van der Waals surface area contributed by atoms with Gasteiger partial charge in [-0.2, -0.15) is 5.10 Å². The molecule has 3 aromatic carbocycles. The van der Waals surface area contributed by atoms with Gasteiger partial charge in [0.25, 0.3) is 0 Å². The quantitative estimate of drug-likeness (QED) is 0.258. The van der Waals surface area contributed by atoms with Crippen molar-refractivity contribution < 1.29 is 9.18 Å². The van der Waals surface area contributed by atoms with E-state index >= 15 is 0 Å². The van der Waals surface area contributed by atoms with Crippen LogP contribution in [0.1, 0.15) is 41.0 Å². The van der Waals surface area contributed by atoms with Gasteiger partial charge in [-0.15, -0.1) is 0 Å². The molecule has 1 atom stereocenters. The Balaban J connectivity index is 1.54. The molecule has 3 heterocycles. The Kier molecular flexibility index (Phi) is 6.45. The van der Waals surface area contributed by atoms with E-state index in [1.165, 1.54) is 18.2 Å². The van der Waals surface area contributed by atoms with E-state index in [9.17, 15) is 9.18 Å². The summed E-state index contributed by atoms with van der Waals surface area (Å²) >= 11 is 6.01. The van der Waals surface area contributed by atoms with Gasteiger partial charge >= 0.3 is 6.03 Å². The van der Waals surface area contributed by atoms with Crippen LogP contribution in [0.3, 0.4) is 0 Å². The number of hydrogen-bond acceptors (Lipinski definition) is 2. The maximum absolute atomic E-state index is 14.0. The summed E-state index contributed by atoms with van der Waals surface area (Å²) in [5.74, 6) is 0.376. The molecule has 5 aromatic rings. The Bertz CT molecular complexity index is 1660. The van der Waals surface area contributed by atoms with Gasteiger partial charge in [0.2, 0.25) is 0 Å². The molecule has 8 heteroatoms. The zero-order chi connectivity index (χ0) is 27.1. The first-order valence-electron chi connectivity index (χ1n) is 12.9. The Morgan fingerprint density at radius 1 is 1.05 bits per heavy atom. The summed E-state index contributed by atoms with van der Waals surface area (Å²) in [6.45, 7) is 4.44. The second kappa shape index (κ2) is 10.1. The van der Waals surface area contributed by atoms with Crippen molar-refractivity contribution in [1.29, 1.82) is 0 Å². The van der Waals surface area contributed by atoms with Crippen LogP contribution in [0.2, 0.25) is 5.02 Å². The van der Waals surface area contributed by atoms with E-state index < -0.39 is 11.9 Å². The van der Waals surface area contributed by atoms with Gasteiger partial charge in [0.1, 0.15) is 11.6 Å². The monoisotopic (exact) mass is 539 g/mol. The molecule has 0 saturated heterocycles. The van der Waals surface area contributed by atoms with E-state index in [1.807, 2.05) is 65.2 Å². The van der Waals surface area contributed by atoms with Crippen molar-refractivity contribution in [3.05, 3.63) is 130 Å². The number of anilines is 1. The van der Waals surface area contributed by atoms with Gasteiger partial charge in [-0.25, -0.2) is 13.9 Å². The second-order valence-corrected chi connectivity index (χ2v) is 10.1. The number of hydrogen-bond donors (Lipinski definition) is 1. The number of para-hydroxylation sites is 1. The third-order valence-corrected chi connectivity index (χ3v) is 7.42. The molecule has 6 rings (SSSR count). The zero-order valence-corrected chi connectivity index (χ0v) is 22.4. The first kappa shape index (κ1) is 24.9. The molecule has 1 aliphatic rings. The number of carbonyl (C=O) groups excluding carboxylic acids is 1. The fourth-order valence-electron chi connectivity index (χ4n) is 5.22. The largest absolute Gasteiger partial charge is 0.322 e. The molecule has 39 heavy (non-hydrogen) atoms. The molecule has 0 aliphatic carbocycles. The average molecular weight is 540 g/mol. The lowest BCUT2D eigenvalue weighted by atomic mass is 10.0. The Morgan fingerprint density at radius 3 is 2.54 bits per heavy atom. The smallest absolute Gasteiger partial charge is 0.308 e. The molecule has 0 bridgehead atoms. The maximum Gasteiger partial charge on any atom is 0.322 e. The number of carbonyl (C=O) groups is 1. The highest BCUT2D eigenvalue weighted by molar-refractivity contribution is 6.31. The van der Waals surface area contributed by atoms with Gasteiger partial charge in [-0.05, 0) is 61.4 Å². The highest BCUT2D eigenvalue weighted by Crippen LogP contribution is 2.39. The van der Waals surface area contributed by atoms with E-state index in [0.29, 0.717) is 18.7 Å². The number of aromatic nitrogens is 3. The molecular formula is C31H27ClFN5O. The van der Waals surface area contributed by atoms with Crippen molar-refractivity contribution in [3.63, 3.8) is 0 Å². The molecular weight excluding hydrogens is 513 g/mol. The van der Waals surface area contributed by atoms with Crippen molar-refractivity contribution in [3.8, 4) is 11.5 Å². The number of rotatable bonds is 4. The van der Waals surface area contributed by atoms with Gasteiger partial charge in [0.05, 0.1) is 34.7 Å². The van der Waals surface area contributed by atoms with Crippen molar-refractivity contribution in [2.75, 3.05) is 5.32 Å². The highest BCUT2D eigenvalue weighted by Gasteiger charge is 2.36. The third-order valence-electron chi connectivity index (χ3n) is 7.13.